The number of benzene rings is 8. The lowest BCUT2D eigenvalue weighted by atomic mass is 9.99. The van der Waals surface area contributed by atoms with Gasteiger partial charge in [0.05, 0.1) is 5.69 Å². The van der Waals surface area contributed by atoms with Crippen molar-refractivity contribution < 1.29 is 8.83 Å². The zero-order valence-electron chi connectivity index (χ0n) is 29.0. The standard InChI is InChI=1S/C47H26N6O2/c1-2-8-32(9-3-1)53-51-38-23-19-27-14-15-28-24-29(16-20-33(28)43(27)44(38)52-53)45-48-46(30-17-21-36-34-10-4-6-12-39(34)54-41(36)25-30)50-47(49-45)31-18-22-37-35-11-5-7-13-40(35)55-42(37)26-31/h1-26H. The Balaban J connectivity index is 1.04. The van der Waals surface area contributed by atoms with Crippen LogP contribution in [0.25, 0.3) is 116 Å². The molecule has 0 aliphatic carbocycles. The second kappa shape index (κ2) is 11.4. The summed E-state index contributed by atoms with van der Waals surface area (Å²) in [7, 11) is 0. The van der Waals surface area contributed by atoms with Gasteiger partial charge in [-0.3, -0.25) is 0 Å². The van der Waals surface area contributed by atoms with Crippen molar-refractivity contribution in [3.8, 4) is 39.9 Å². The van der Waals surface area contributed by atoms with Crippen LogP contribution in [-0.4, -0.2) is 29.9 Å². The lowest BCUT2D eigenvalue weighted by Crippen LogP contribution is -2.00. The van der Waals surface area contributed by atoms with E-state index < -0.39 is 0 Å². The molecule has 0 radical (unpaired) electrons. The van der Waals surface area contributed by atoms with Crippen LogP contribution in [0.5, 0.6) is 0 Å². The summed E-state index contributed by atoms with van der Waals surface area (Å²) >= 11 is 0. The van der Waals surface area contributed by atoms with Gasteiger partial charge in [-0.15, -0.1) is 10.2 Å². The quantitative estimate of drug-likeness (QED) is 0.168. The van der Waals surface area contributed by atoms with Gasteiger partial charge in [0, 0.05) is 43.6 Å². The van der Waals surface area contributed by atoms with Gasteiger partial charge in [-0.25, -0.2) is 15.0 Å². The molecule has 4 heterocycles. The van der Waals surface area contributed by atoms with Crippen molar-refractivity contribution in [1.82, 2.24) is 29.9 Å². The summed E-state index contributed by atoms with van der Waals surface area (Å²) < 4.78 is 12.5. The van der Waals surface area contributed by atoms with Crippen molar-refractivity contribution in [1.29, 1.82) is 0 Å². The van der Waals surface area contributed by atoms with Gasteiger partial charge >= 0.3 is 0 Å². The Morgan fingerprint density at radius 1 is 0.382 bits per heavy atom. The Morgan fingerprint density at radius 3 is 1.53 bits per heavy atom. The third kappa shape index (κ3) is 4.68. The Labute approximate surface area is 311 Å². The van der Waals surface area contributed by atoms with Gasteiger partial charge in [0.15, 0.2) is 17.5 Å². The average molecular weight is 707 g/mol. The first kappa shape index (κ1) is 29.8. The first-order valence-corrected chi connectivity index (χ1v) is 18.1. The highest BCUT2D eigenvalue weighted by Crippen LogP contribution is 2.37. The van der Waals surface area contributed by atoms with Crippen LogP contribution >= 0.6 is 0 Å². The molecule has 8 aromatic carbocycles. The van der Waals surface area contributed by atoms with Crippen molar-refractivity contribution in [2.45, 2.75) is 0 Å². The smallest absolute Gasteiger partial charge is 0.164 e. The minimum absolute atomic E-state index is 0.546. The predicted molar refractivity (Wildman–Crippen MR) is 218 cm³/mol. The van der Waals surface area contributed by atoms with Crippen molar-refractivity contribution in [2.75, 3.05) is 0 Å². The summed E-state index contributed by atoms with van der Waals surface area (Å²) in [6.45, 7) is 0. The summed E-state index contributed by atoms with van der Waals surface area (Å²) in [6, 6.07) is 53.2. The summed E-state index contributed by atoms with van der Waals surface area (Å²) in [5, 5.41) is 18.3. The zero-order chi connectivity index (χ0) is 36.0. The van der Waals surface area contributed by atoms with E-state index in [9.17, 15) is 0 Å². The van der Waals surface area contributed by atoms with Gasteiger partial charge < -0.3 is 8.83 Å². The molecule has 12 rings (SSSR count). The van der Waals surface area contributed by atoms with E-state index in [4.69, 9.17) is 34.0 Å². The maximum Gasteiger partial charge on any atom is 0.164 e. The molecular weight excluding hydrogens is 681 g/mol. The largest absolute Gasteiger partial charge is 0.456 e. The van der Waals surface area contributed by atoms with E-state index in [0.717, 1.165) is 98.8 Å². The first-order valence-electron chi connectivity index (χ1n) is 18.1. The van der Waals surface area contributed by atoms with Crippen molar-refractivity contribution >= 4 is 76.5 Å². The Bertz CT molecular complexity index is 3380. The van der Waals surface area contributed by atoms with E-state index >= 15 is 0 Å². The van der Waals surface area contributed by atoms with E-state index in [1.54, 1.807) is 4.80 Å². The van der Waals surface area contributed by atoms with Crippen LogP contribution in [0.15, 0.2) is 167 Å². The van der Waals surface area contributed by atoms with Crippen LogP contribution in [0, 0.1) is 0 Å². The maximum absolute atomic E-state index is 6.27. The number of hydrogen-bond donors (Lipinski definition) is 0. The lowest BCUT2D eigenvalue weighted by molar-refractivity contribution is 0.668. The molecule has 0 bridgehead atoms. The van der Waals surface area contributed by atoms with Crippen LogP contribution < -0.4 is 0 Å². The number of rotatable bonds is 4. The van der Waals surface area contributed by atoms with Crippen LogP contribution in [0.4, 0.5) is 0 Å². The maximum atomic E-state index is 6.27. The van der Waals surface area contributed by atoms with Crippen LogP contribution in [0.3, 0.4) is 0 Å². The Morgan fingerprint density at radius 2 is 0.891 bits per heavy atom. The van der Waals surface area contributed by atoms with Gasteiger partial charge in [0.1, 0.15) is 33.4 Å². The number of nitrogens with zero attached hydrogens (tertiary/aromatic N) is 6. The highest BCUT2D eigenvalue weighted by atomic mass is 16.3. The molecule has 0 spiro atoms. The second-order valence-electron chi connectivity index (χ2n) is 13.8. The summed E-state index contributed by atoms with van der Waals surface area (Å²) in [5.74, 6) is 1.65. The summed E-state index contributed by atoms with van der Waals surface area (Å²) in [6.07, 6.45) is 0. The molecule has 0 aliphatic rings. The highest BCUT2D eigenvalue weighted by Gasteiger charge is 2.18. The molecule has 0 unspecified atom stereocenters. The molecule has 8 heteroatoms. The van der Waals surface area contributed by atoms with Gasteiger partial charge in [-0.05, 0) is 76.8 Å². The molecule has 0 atom stereocenters. The molecule has 8 nitrogen and oxygen atoms in total. The fourth-order valence-electron chi connectivity index (χ4n) is 7.84. The molecule has 0 saturated carbocycles. The minimum Gasteiger partial charge on any atom is -0.456 e. The van der Waals surface area contributed by atoms with Gasteiger partial charge in [-0.1, -0.05) is 97.1 Å². The molecule has 0 amide bonds. The van der Waals surface area contributed by atoms with E-state index in [-0.39, 0.29) is 0 Å². The van der Waals surface area contributed by atoms with Crippen LogP contribution in [-0.2, 0) is 0 Å². The fourth-order valence-corrected chi connectivity index (χ4v) is 7.84. The minimum atomic E-state index is 0.546. The second-order valence-corrected chi connectivity index (χ2v) is 13.8. The number of hydrogen-bond acceptors (Lipinski definition) is 7. The fraction of sp³-hybridized carbons (Fsp3) is 0. The van der Waals surface area contributed by atoms with E-state index in [1.165, 1.54) is 0 Å². The monoisotopic (exact) mass is 706 g/mol. The lowest BCUT2D eigenvalue weighted by Gasteiger charge is -2.10. The van der Waals surface area contributed by atoms with E-state index in [2.05, 4.69) is 72.8 Å². The number of furan rings is 2. The van der Waals surface area contributed by atoms with Gasteiger partial charge in [-0.2, -0.15) is 4.80 Å². The number of para-hydroxylation sites is 3. The van der Waals surface area contributed by atoms with Crippen molar-refractivity contribution in [3.05, 3.63) is 158 Å². The third-order valence-electron chi connectivity index (χ3n) is 10.5. The third-order valence-corrected chi connectivity index (χ3v) is 10.5. The van der Waals surface area contributed by atoms with E-state index in [0.29, 0.717) is 17.5 Å². The van der Waals surface area contributed by atoms with Crippen LogP contribution in [0.2, 0.25) is 0 Å². The average Bonchev–Trinajstić information content (AvgIpc) is 3.96. The molecule has 256 valence electrons. The van der Waals surface area contributed by atoms with Gasteiger partial charge in [0.25, 0.3) is 0 Å². The molecule has 0 fully saturated rings. The molecular formula is C47H26N6O2. The predicted octanol–water partition coefficient (Wildman–Crippen LogP) is 11.7. The zero-order valence-corrected chi connectivity index (χ0v) is 29.0. The summed E-state index contributed by atoms with van der Waals surface area (Å²) in [4.78, 5) is 17.0. The topological polar surface area (TPSA) is 95.7 Å². The molecule has 12 aromatic rings. The Hall–Kier alpha value is -7.71. The number of aromatic nitrogens is 6. The molecule has 55 heavy (non-hydrogen) atoms. The normalized spacial score (nSPS) is 12.0. The molecule has 0 saturated heterocycles. The van der Waals surface area contributed by atoms with Crippen LogP contribution in [0.1, 0.15) is 0 Å². The van der Waals surface area contributed by atoms with Gasteiger partial charge in [0.2, 0.25) is 0 Å². The van der Waals surface area contributed by atoms with Crippen molar-refractivity contribution in [2.24, 2.45) is 0 Å². The number of fused-ring (bicyclic) bond motifs is 11. The SMILES string of the molecule is c1ccc(-n2nc3ccc4ccc5cc(-c6nc(-c7ccc8c(c7)oc7ccccc78)nc(-c7ccc8c(c7)oc7ccccc78)n6)ccc5c4c3n2)cc1. The Kier molecular flexibility index (Phi) is 6.18. The molecule has 4 aromatic heterocycles. The van der Waals surface area contributed by atoms with E-state index in [1.807, 2.05) is 84.9 Å². The molecule has 0 N–H and O–H groups in total. The van der Waals surface area contributed by atoms with Crippen molar-refractivity contribution in [3.63, 3.8) is 0 Å². The molecule has 0 aliphatic heterocycles. The first-order chi connectivity index (χ1) is 27.2. The highest BCUT2D eigenvalue weighted by molar-refractivity contribution is 6.18. The summed E-state index contributed by atoms with van der Waals surface area (Å²) in [5.41, 5.74) is 8.37.